The Labute approximate surface area is 180 Å². The number of carbonyl (C=O) groups excluding carboxylic acids is 1. The maximum absolute atomic E-state index is 13.5. The number of allylic oxidation sites excluding steroid dienone is 1. The first kappa shape index (κ1) is 19.3. The summed E-state index contributed by atoms with van der Waals surface area (Å²) in [5, 5.41) is 7.64. The number of rotatable bonds is 4. The van der Waals surface area contributed by atoms with Crippen molar-refractivity contribution in [2.24, 2.45) is 0 Å². The number of benzene rings is 2. The highest BCUT2D eigenvalue weighted by Gasteiger charge is 2.36. The van der Waals surface area contributed by atoms with E-state index < -0.39 is 6.04 Å². The standard InChI is InChI=1S/C23H23N5O3/c1-16-20(22(29)27-10-12-30-13-11-27)21(28-23(26-16)24-15-25-28)17-6-5-9-19(14-17)31-18-7-3-2-4-8-18/h2-9,14-15,21H,10-13H2,1H3,(H,24,25,26)/t21-/m1/s1. The molecule has 3 aromatic rings. The molecule has 0 spiro atoms. The van der Waals surface area contributed by atoms with Gasteiger partial charge >= 0.3 is 0 Å². The molecule has 0 bridgehead atoms. The highest BCUT2D eigenvalue weighted by Crippen LogP contribution is 2.37. The molecule has 31 heavy (non-hydrogen) atoms. The first-order valence-electron chi connectivity index (χ1n) is 10.3. The lowest BCUT2D eigenvalue weighted by molar-refractivity contribution is -0.131. The van der Waals surface area contributed by atoms with E-state index in [0.29, 0.717) is 43.6 Å². The van der Waals surface area contributed by atoms with Crippen LogP contribution in [0.25, 0.3) is 0 Å². The first-order chi connectivity index (χ1) is 15.2. The monoisotopic (exact) mass is 417 g/mol. The maximum Gasteiger partial charge on any atom is 0.254 e. The number of carbonyl (C=O) groups is 1. The molecule has 1 saturated heterocycles. The van der Waals surface area contributed by atoms with Crippen molar-refractivity contribution in [1.29, 1.82) is 0 Å². The number of para-hydroxylation sites is 1. The fraction of sp³-hybridized carbons (Fsp3) is 0.261. The predicted octanol–water partition coefficient (Wildman–Crippen LogP) is 3.22. The maximum atomic E-state index is 13.5. The molecule has 1 N–H and O–H groups in total. The van der Waals surface area contributed by atoms with Crippen LogP contribution >= 0.6 is 0 Å². The minimum atomic E-state index is -0.409. The van der Waals surface area contributed by atoms with Crippen LogP contribution in [-0.4, -0.2) is 51.9 Å². The molecule has 0 unspecified atom stereocenters. The molecule has 2 aliphatic rings. The molecule has 8 heteroatoms. The van der Waals surface area contributed by atoms with Crippen LogP contribution in [-0.2, 0) is 9.53 Å². The first-order valence-corrected chi connectivity index (χ1v) is 10.3. The van der Waals surface area contributed by atoms with Gasteiger partial charge in [-0.25, -0.2) is 4.68 Å². The molecule has 1 atom stereocenters. The van der Waals surface area contributed by atoms with Crippen molar-refractivity contribution in [3.8, 4) is 11.5 Å². The summed E-state index contributed by atoms with van der Waals surface area (Å²) in [4.78, 5) is 19.7. The summed E-state index contributed by atoms with van der Waals surface area (Å²) < 4.78 is 13.2. The number of anilines is 1. The van der Waals surface area contributed by atoms with Crippen molar-refractivity contribution in [2.45, 2.75) is 13.0 Å². The van der Waals surface area contributed by atoms with Crippen molar-refractivity contribution < 1.29 is 14.3 Å². The lowest BCUT2D eigenvalue weighted by atomic mass is 9.94. The molecule has 3 heterocycles. The zero-order chi connectivity index (χ0) is 21.2. The van der Waals surface area contributed by atoms with E-state index in [1.54, 1.807) is 4.68 Å². The Morgan fingerprint density at radius 1 is 1.10 bits per heavy atom. The van der Waals surface area contributed by atoms with Gasteiger partial charge in [-0.2, -0.15) is 10.1 Å². The molecular weight excluding hydrogens is 394 g/mol. The van der Waals surface area contributed by atoms with Crippen molar-refractivity contribution in [2.75, 3.05) is 31.6 Å². The topological polar surface area (TPSA) is 81.5 Å². The molecule has 0 saturated carbocycles. The zero-order valence-corrected chi connectivity index (χ0v) is 17.2. The van der Waals surface area contributed by atoms with Crippen molar-refractivity contribution in [1.82, 2.24) is 19.7 Å². The second-order valence-electron chi connectivity index (χ2n) is 7.49. The molecule has 5 rings (SSSR count). The second kappa shape index (κ2) is 8.23. The number of ether oxygens (including phenoxy) is 2. The Bertz CT molecular complexity index is 1120. The lowest BCUT2D eigenvalue weighted by Crippen LogP contribution is -2.44. The average Bonchev–Trinajstić information content (AvgIpc) is 3.27. The van der Waals surface area contributed by atoms with Crippen molar-refractivity contribution in [3.63, 3.8) is 0 Å². The number of nitrogens with one attached hydrogen (secondary N) is 1. The van der Waals surface area contributed by atoms with Crippen LogP contribution < -0.4 is 10.1 Å². The summed E-state index contributed by atoms with van der Waals surface area (Å²) in [6.07, 6.45) is 1.50. The van der Waals surface area contributed by atoms with Crippen LogP contribution in [0.2, 0.25) is 0 Å². The fourth-order valence-corrected chi connectivity index (χ4v) is 3.99. The Balaban J connectivity index is 1.53. The van der Waals surface area contributed by atoms with Gasteiger partial charge in [0.15, 0.2) is 0 Å². The average molecular weight is 417 g/mol. The van der Waals surface area contributed by atoms with E-state index in [1.807, 2.05) is 66.4 Å². The predicted molar refractivity (Wildman–Crippen MR) is 115 cm³/mol. The molecule has 0 radical (unpaired) electrons. The van der Waals surface area contributed by atoms with Crippen LogP contribution in [0.3, 0.4) is 0 Å². The third kappa shape index (κ3) is 3.77. The van der Waals surface area contributed by atoms with E-state index in [0.717, 1.165) is 17.0 Å². The van der Waals surface area contributed by atoms with E-state index in [9.17, 15) is 4.79 Å². The van der Waals surface area contributed by atoms with E-state index in [1.165, 1.54) is 6.33 Å². The zero-order valence-electron chi connectivity index (χ0n) is 17.2. The van der Waals surface area contributed by atoms with Crippen molar-refractivity contribution >= 4 is 11.9 Å². The number of aromatic nitrogens is 3. The number of hydrogen-bond donors (Lipinski definition) is 1. The van der Waals surface area contributed by atoms with E-state index >= 15 is 0 Å². The normalized spacial score (nSPS) is 18.4. The van der Waals surface area contributed by atoms with Crippen LogP contribution in [0, 0.1) is 0 Å². The van der Waals surface area contributed by atoms with Crippen LogP contribution in [0.4, 0.5) is 5.95 Å². The van der Waals surface area contributed by atoms with Gasteiger partial charge in [0.2, 0.25) is 5.95 Å². The van der Waals surface area contributed by atoms with Crippen molar-refractivity contribution in [3.05, 3.63) is 77.8 Å². The highest BCUT2D eigenvalue weighted by molar-refractivity contribution is 5.96. The van der Waals surface area contributed by atoms with E-state index in [2.05, 4.69) is 15.4 Å². The quantitative estimate of drug-likeness (QED) is 0.702. The molecule has 1 aromatic heterocycles. The molecule has 8 nitrogen and oxygen atoms in total. The van der Waals surface area contributed by atoms with Crippen LogP contribution in [0.15, 0.2) is 72.2 Å². The Morgan fingerprint density at radius 2 is 1.87 bits per heavy atom. The summed E-state index contributed by atoms with van der Waals surface area (Å²) in [5.74, 6) is 2.03. The molecular formula is C23H23N5O3. The highest BCUT2D eigenvalue weighted by atomic mass is 16.5. The fourth-order valence-electron chi connectivity index (χ4n) is 3.99. The number of hydrogen-bond acceptors (Lipinski definition) is 6. The Kier molecular flexibility index (Phi) is 5.13. The smallest absolute Gasteiger partial charge is 0.254 e. The summed E-state index contributed by atoms with van der Waals surface area (Å²) in [7, 11) is 0. The number of amides is 1. The third-order valence-electron chi connectivity index (χ3n) is 5.48. The molecule has 0 aliphatic carbocycles. The van der Waals surface area contributed by atoms with Gasteiger partial charge in [0.05, 0.1) is 18.8 Å². The van der Waals surface area contributed by atoms with Crippen LogP contribution in [0.5, 0.6) is 11.5 Å². The largest absolute Gasteiger partial charge is 0.457 e. The summed E-state index contributed by atoms with van der Waals surface area (Å²) in [6.45, 7) is 4.15. The van der Waals surface area contributed by atoms with Gasteiger partial charge in [0, 0.05) is 18.8 Å². The van der Waals surface area contributed by atoms with E-state index in [-0.39, 0.29) is 5.91 Å². The van der Waals surface area contributed by atoms with Gasteiger partial charge in [-0.3, -0.25) is 4.79 Å². The van der Waals surface area contributed by atoms with E-state index in [4.69, 9.17) is 9.47 Å². The van der Waals surface area contributed by atoms with Gasteiger partial charge in [-0.05, 0) is 36.8 Å². The number of morpholine rings is 1. The van der Waals surface area contributed by atoms with Crippen LogP contribution in [0.1, 0.15) is 18.5 Å². The summed E-state index contributed by atoms with van der Waals surface area (Å²) in [5.41, 5.74) is 2.32. The van der Waals surface area contributed by atoms with Gasteiger partial charge < -0.3 is 19.7 Å². The van der Waals surface area contributed by atoms with Gasteiger partial charge in [-0.15, -0.1) is 0 Å². The third-order valence-corrected chi connectivity index (χ3v) is 5.48. The molecule has 1 amide bonds. The lowest BCUT2D eigenvalue weighted by Gasteiger charge is -2.34. The Morgan fingerprint density at radius 3 is 2.68 bits per heavy atom. The minimum absolute atomic E-state index is 0.0196. The molecule has 158 valence electrons. The summed E-state index contributed by atoms with van der Waals surface area (Å²) in [6, 6.07) is 17.0. The number of fused-ring (bicyclic) bond motifs is 1. The SMILES string of the molecule is CC1=C(C(=O)N2CCOCC2)[C@@H](c2cccc(Oc3ccccc3)c2)n2ncnc2N1. The second-order valence-corrected chi connectivity index (χ2v) is 7.49. The molecule has 1 fully saturated rings. The minimum Gasteiger partial charge on any atom is -0.457 e. The van der Waals surface area contributed by atoms with Gasteiger partial charge in [0.1, 0.15) is 23.9 Å². The summed E-state index contributed by atoms with van der Waals surface area (Å²) >= 11 is 0. The molecule has 2 aliphatic heterocycles. The van der Waals surface area contributed by atoms with Gasteiger partial charge in [-0.1, -0.05) is 30.3 Å². The van der Waals surface area contributed by atoms with Gasteiger partial charge in [0.25, 0.3) is 5.91 Å². The molecule has 2 aromatic carbocycles. The number of nitrogens with zero attached hydrogens (tertiary/aromatic N) is 4. The Hall–Kier alpha value is -3.65.